The van der Waals surface area contributed by atoms with E-state index in [1.165, 1.54) is 4.90 Å². The quantitative estimate of drug-likeness (QED) is 0.507. The molecule has 0 aliphatic rings. The predicted molar refractivity (Wildman–Crippen MR) is 111 cm³/mol. The molecule has 0 unspecified atom stereocenters. The molecule has 1 aromatic carbocycles. The molecule has 1 amide bonds. The minimum absolute atomic E-state index is 0.417. The Bertz CT molecular complexity index is 1170. The van der Waals surface area contributed by atoms with Crippen LogP contribution in [0.2, 0.25) is 0 Å². The van der Waals surface area contributed by atoms with Gasteiger partial charge in [-0.3, -0.25) is 9.88 Å². The van der Waals surface area contributed by atoms with Crippen molar-refractivity contribution < 1.29 is 14.3 Å². The van der Waals surface area contributed by atoms with Crippen molar-refractivity contribution in [2.75, 3.05) is 11.9 Å². The molecular weight excluding hydrogens is 368 g/mol. The van der Waals surface area contributed by atoms with Crippen molar-refractivity contribution in [3.63, 3.8) is 0 Å². The normalized spacial score (nSPS) is 10.7. The van der Waals surface area contributed by atoms with Crippen LogP contribution in [0.15, 0.2) is 67.1 Å². The van der Waals surface area contributed by atoms with Gasteiger partial charge >= 0.3 is 6.09 Å². The van der Waals surface area contributed by atoms with Crippen LogP contribution in [0.3, 0.4) is 0 Å². The number of para-hydroxylation sites is 1. The van der Waals surface area contributed by atoms with E-state index in [1.807, 2.05) is 48.9 Å². The maximum atomic E-state index is 12.6. The Morgan fingerprint density at radius 3 is 2.62 bits per heavy atom. The molecule has 0 bridgehead atoms. The zero-order valence-corrected chi connectivity index (χ0v) is 16.4. The van der Waals surface area contributed by atoms with Crippen molar-refractivity contribution in [1.82, 2.24) is 14.5 Å². The van der Waals surface area contributed by atoms with Crippen LogP contribution in [-0.4, -0.2) is 27.7 Å². The molecule has 7 nitrogen and oxygen atoms in total. The number of aromatic nitrogens is 3. The van der Waals surface area contributed by atoms with E-state index < -0.39 is 6.09 Å². The van der Waals surface area contributed by atoms with Gasteiger partial charge in [0.05, 0.1) is 23.1 Å². The maximum Gasteiger partial charge on any atom is 0.419 e. The molecule has 4 aromatic rings. The fraction of sp³-hybridized carbons (Fsp3) is 0.136. The number of hydrogen-bond acceptors (Lipinski definition) is 5. The molecule has 146 valence electrons. The van der Waals surface area contributed by atoms with Gasteiger partial charge in [0.25, 0.3) is 0 Å². The van der Waals surface area contributed by atoms with E-state index in [0.29, 0.717) is 23.1 Å². The van der Waals surface area contributed by atoms with Crippen LogP contribution >= 0.6 is 0 Å². The zero-order valence-electron chi connectivity index (χ0n) is 16.4. The molecule has 0 saturated heterocycles. The highest BCUT2D eigenvalue weighted by Crippen LogP contribution is 2.28. The second-order valence-electron chi connectivity index (χ2n) is 6.59. The first kappa shape index (κ1) is 18.5. The highest BCUT2D eigenvalue weighted by molar-refractivity contribution is 5.93. The van der Waals surface area contributed by atoms with Crippen LogP contribution in [0.25, 0.3) is 10.9 Å². The van der Waals surface area contributed by atoms with E-state index in [1.54, 1.807) is 43.8 Å². The Morgan fingerprint density at radius 1 is 1.03 bits per heavy atom. The van der Waals surface area contributed by atoms with Crippen molar-refractivity contribution in [2.24, 2.45) is 7.05 Å². The number of anilines is 1. The van der Waals surface area contributed by atoms with E-state index in [2.05, 4.69) is 9.97 Å². The summed E-state index contributed by atoms with van der Waals surface area (Å²) in [4.78, 5) is 22.5. The van der Waals surface area contributed by atoms with Crippen LogP contribution in [0.5, 0.6) is 17.4 Å². The molecule has 0 radical (unpaired) electrons. The van der Waals surface area contributed by atoms with Gasteiger partial charge in [0.1, 0.15) is 0 Å². The van der Waals surface area contributed by atoms with Gasteiger partial charge in [0.2, 0.25) is 5.88 Å². The highest BCUT2D eigenvalue weighted by atomic mass is 16.6. The number of rotatable bonds is 4. The van der Waals surface area contributed by atoms with E-state index >= 15 is 0 Å². The number of carbonyl (C=O) groups is 1. The van der Waals surface area contributed by atoms with Crippen molar-refractivity contribution in [2.45, 2.75) is 6.92 Å². The average molecular weight is 388 g/mol. The fourth-order valence-electron chi connectivity index (χ4n) is 2.98. The van der Waals surface area contributed by atoms with E-state index in [0.717, 1.165) is 16.6 Å². The molecule has 0 aliphatic heterocycles. The molecule has 4 rings (SSSR count). The molecule has 3 aromatic heterocycles. The number of aryl methyl sites for hydroxylation is 2. The first-order chi connectivity index (χ1) is 14.0. The van der Waals surface area contributed by atoms with E-state index in [9.17, 15) is 4.79 Å². The van der Waals surface area contributed by atoms with Gasteiger partial charge in [0.15, 0.2) is 11.5 Å². The van der Waals surface area contributed by atoms with Gasteiger partial charge in [-0.2, -0.15) is 0 Å². The number of carbonyl (C=O) groups excluding carboxylic acids is 1. The van der Waals surface area contributed by atoms with Crippen LogP contribution in [-0.2, 0) is 7.05 Å². The SMILES string of the molecule is Cc1ncccc1Oc1ccc(N(C)C(=O)Oc2cn(C)c3ccccc23)cn1. The molecule has 3 heterocycles. The Kier molecular flexibility index (Phi) is 4.87. The second kappa shape index (κ2) is 7.63. The number of nitrogens with zero attached hydrogens (tertiary/aromatic N) is 4. The molecule has 0 atom stereocenters. The number of fused-ring (bicyclic) bond motifs is 1. The molecule has 0 spiro atoms. The summed E-state index contributed by atoms with van der Waals surface area (Å²) < 4.78 is 13.3. The Hall–Kier alpha value is -3.87. The lowest BCUT2D eigenvalue weighted by molar-refractivity contribution is 0.209. The monoisotopic (exact) mass is 388 g/mol. The van der Waals surface area contributed by atoms with Gasteiger partial charge in [-0.15, -0.1) is 0 Å². The molecule has 29 heavy (non-hydrogen) atoms. The molecule has 0 N–H and O–H groups in total. The largest absolute Gasteiger partial charge is 0.437 e. The Morgan fingerprint density at radius 2 is 1.86 bits per heavy atom. The van der Waals surface area contributed by atoms with Gasteiger partial charge in [-0.1, -0.05) is 12.1 Å². The number of amides is 1. The number of pyridine rings is 2. The lowest BCUT2D eigenvalue weighted by atomic mass is 10.2. The summed E-state index contributed by atoms with van der Waals surface area (Å²) in [5, 5.41) is 0.880. The van der Waals surface area contributed by atoms with Gasteiger partial charge in [0, 0.05) is 37.9 Å². The maximum absolute atomic E-state index is 12.6. The first-order valence-electron chi connectivity index (χ1n) is 9.08. The summed E-state index contributed by atoms with van der Waals surface area (Å²) in [6.07, 6.45) is 4.56. The smallest absolute Gasteiger partial charge is 0.419 e. The average Bonchev–Trinajstić information content (AvgIpc) is 3.05. The van der Waals surface area contributed by atoms with Crippen molar-refractivity contribution in [3.05, 3.63) is 72.8 Å². The first-order valence-corrected chi connectivity index (χ1v) is 9.08. The highest BCUT2D eigenvalue weighted by Gasteiger charge is 2.17. The predicted octanol–water partition coefficient (Wildman–Crippen LogP) is 4.70. The summed E-state index contributed by atoms with van der Waals surface area (Å²) in [7, 11) is 3.55. The number of hydrogen-bond donors (Lipinski definition) is 0. The minimum Gasteiger partial charge on any atom is -0.437 e. The summed E-state index contributed by atoms with van der Waals surface area (Å²) in [6.45, 7) is 1.86. The fourth-order valence-corrected chi connectivity index (χ4v) is 2.98. The Balaban J connectivity index is 1.48. The third kappa shape index (κ3) is 3.75. The molecule has 7 heteroatoms. The molecule has 0 aliphatic carbocycles. The van der Waals surface area contributed by atoms with Gasteiger partial charge < -0.3 is 14.0 Å². The summed E-state index contributed by atoms with van der Waals surface area (Å²) in [6, 6.07) is 14.8. The van der Waals surface area contributed by atoms with Crippen LogP contribution in [0.1, 0.15) is 5.69 Å². The lowest BCUT2D eigenvalue weighted by Gasteiger charge is -2.16. The van der Waals surface area contributed by atoms with Crippen LogP contribution in [0, 0.1) is 6.92 Å². The molecule has 0 fully saturated rings. The third-order valence-corrected chi connectivity index (χ3v) is 4.61. The second-order valence-corrected chi connectivity index (χ2v) is 6.59. The minimum atomic E-state index is -0.500. The molecular formula is C22H20N4O3. The Labute approximate surface area is 168 Å². The number of benzene rings is 1. The van der Waals surface area contributed by atoms with Gasteiger partial charge in [-0.25, -0.2) is 9.78 Å². The topological polar surface area (TPSA) is 69.5 Å². The van der Waals surface area contributed by atoms with Crippen LogP contribution < -0.4 is 14.4 Å². The standard InChI is InChI=1S/C22H20N4O3/c1-15-19(9-6-12-23-15)28-21-11-10-16(13-24-21)26(3)22(27)29-20-14-25(2)18-8-5-4-7-17(18)20/h4-14H,1-3H3. The summed E-state index contributed by atoms with van der Waals surface area (Å²) in [5.41, 5.74) is 2.35. The van der Waals surface area contributed by atoms with E-state index in [-0.39, 0.29) is 0 Å². The van der Waals surface area contributed by atoms with Crippen molar-refractivity contribution >= 4 is 22.7 Å². The van der Waals surface area contributed by atoms with Gasteiger partial charge in [-0.05, 0) is 37.3 Å². The van der Waals surface area contributed by atoms with Crippen molar-refractivity contribution in [3.8, 4) is 17.4 Å². The molecule has 0 saturated carbocycles. The number of ether oxygens (including phenoxy) is 2. The lowest BCUT2D eigenvalue weighted by Crippen LogP contribution is -2.29. The zero-order chi connectivity index (χ0) is 20.4. The van der Waals surface area contributed by atoms with E-state index in [4.69, 9.17) is 9.47 Å². The van der Waals surface area contributed by atoms with Crippen molar-refractivity contribution in [1.29, 1.82) is 0 Å². The summed E-state index contributed by atoms with van der Waals surface area (Å²) >= 11 is 0. The summed E-state index contributed by atoms with van der Waals surface area (Å²) in [5.74, 6) is 1.57. The van der Waals surface area contributed by atoms with Crippen LogP contribution in [0.4, 0.5) is 10.5 Å². The third-order valence-electron chi connectivity index (χ3n) is 4.61.